The van der Waals surface area contributed by atoms with Crippen molar-refractivity contribution in [2.75, 3.05) is 27.9 Å². The number of carbonyl (C=O) groups excluding carboxylic acids is 1. The molecule has 3 aromatic rings. The Labute approximate surface area is 217 Å². The Hall–Kier alpha value is -4.10. The monoisotopic (exact) mass is 503 g/mol. The lowest BCUT2D eigenvalue weighted by Gasteiger charge is -2.38. The third-order valence-corrected chi connectivity index (χ3v) is 6.34. The first-order chi connectivity index (χ1) is 17.9. The van der Waals surface area contributed by atoms with Gasteiger partial charge in [0.25, 0.3) is 0 Å². The van der Waals surface area contributed by atoms with Crippen LogP contribution in [0.5, 0.6) is 11.5 Å². The molecule has 37 heavy (non-hydrogen) atoms. The Morgan fingerprint density at radius 2 is 1.38 bits per heavy atom. The maximum absolute atomic E-state index is 12.7. The van der Waals surface area contributed by atoms with Gasteiger partial charge >= 0.3 is 5.97 Å². The highest BCUT2D eigenvalue weighted by atomic mass is 16.5. The second-order valence-corrected chi connectivity index (χ2v) is 8.50. The number of amides is 1. The second-order valence-electron chi connectivity index (χ2n) is 8.50. The van der Waals surface area contributed by atoms with Crippen LogP contribution >= 0.6 is 0 Å². The van der Waals surface area contributed by atoms with Gasteiger partial charge in [-0.05, 0) is 47.4 Å². The van der Waals surface area contributed by atoms with E-state index in [-0.39, 0.29) is 18.9 Å². The summed E-state index contributed by atoms with van der Waals surface area (Å²) in [5.41, 5.74) is 1.16. The number of hydrogen-bond donors (Lipinski definition) is 1. The fourth-order valence-corrected chi connectivity index (χ4v) is 4.20. The van der Waals surface area contributed by atoms with Crippen LogP contribution in [0.1, 0.15) is 29.5 Å². The summed E-state index contributed by atoms with van der Waals surface area (Å²) in [5, 5.41) is 10.0. The molecule has 1 atom stereocenters. The Kier molecular flexibility index (Phi) is 9.46. The summed E-state index contributed by atoms with van der Waals surface area (Å²) in [7, 11) is 4.67. The molecule has 0 saturated carbocycles. The van der Waals surface area contributed by atoms with E-state index in [2.05, 4.69) is 6.58 Å². The Bertz CT molecular complexity index is 1130. The van der Waals surface area contributed by atoms with Crippen LogP contribution in [0.2, 0.25) is 0 Å². The standard InChI is InChI=1S/C30H33NO6/c1-5-6-12-28(32)31(2)27(29(33)34)21-37-30(22-10-8-7-9-11-22,23-13-17-25(35-3)18-14-23)24-15-19-26(36-4)20-16-24/h5,7-11,13-20,27H,1,6,12,21H2,2-4H3,(H,33,34)/t27-/m0/s1. The van der Waals surface area contributed by atoms with Gasteiger partial charge in [0.1, 0.15) is 17.1 Å². The van der Waals surface area contributed by atoms with Gasteiger partial charge in [-0.15, -0.1) is 6.58 Å². The highest BCUT2D eigenvalue weighted by Gasteiger charge is 2.40. The molecule has 7 heteroatoms. The van der Waals surface area contributed by atoms with E-state index < -0.39 is 17.6 Å². The summed E-state index contributed by atoms with van der Waals surface area (Å²) in [6.07, 6.45) is 2.26. The quantitative estimate of drug-likeness (QED) is 0.264. The zero-order chi connectivity index (χ0) is 26.8. The Balaban J connectivity index is 2.14. The number of likely N-dealkylation sites (N-methyl/N-ethyl adjacent to an activating group) is 1. The zero-order valence-corrected chi connectivity index (χ0v) is 21.4. The van der Waals surface area contributed by atoms with Crippen molar-refractivity contribution in [2.45, 2.75) is 24.5 Å². The topological polar surface area (TPSA) is 85.3 Å². The lowest BCUT2D eigenvalue weighted by atomic mass is 9.80. The first kappa shape index (κ1) is 27.5. The number of rotatable bonds is 13. The first-order valence-electron chi connectivity index (χ1n) is 11.9. The molecule has 3 rings (SSSR count). The van der Waals surface area contributed by atoms with E-state index in [1.165, 1.54) is 11.9 Å². The third kappa shape index (κ3) is 6.19. The summed E-state index contributed by atoms with van der Waals surface area (Å²) in [6.45, 7) is 3.38. The number of carboxylic acids is 1. The molecule has 0 saturated heterocycles. The van der Waals surface area contributed by atoms with E-state index in [0.717, 1.165) is 16.7 Å². The predicted octanol–water partition coefficient (Wildman–Crippen LogP) is 4.89. The SMILES string of the molecule is C=CCCC(=O)N(C)[C@@H](COC(c1ccccc1)(c1ccc(OC)cc1)c1ccc(OC)cc1)C(=O)O. The molecule has 7 nitrogen and oxygen atoms in total. The number of benzene rings is 3. The molecule has 0 aliphatic heterocycles. The van der Waals surface area contributed by atoms with Crippen molar-refractivity contribution in [3.63, 3.8) is 0 Å². The minimum atomic E-state index is -1.20. The summed E-state index contributed by atoms with van der Waals surface area (Å²) < 4.78 is 17.4. The van der Waals surface area contributed by atoms with Crippen LogP contribution in [0.4, 0.5) is 0 Å². The smallest absolute Gasteiger partial charge is 0.328 e. The predicted molar refractivity (Wildman–Crippen MR) is 142 cm³/mol. The van der Waals surface area contributed by atoms with Gasteiger partial charge in [-0.2, -0.15) is 0 Å². The molecular weight excluding hydrogens is 470 g/mol. The number of methoxy groups -OCH3 is 2. The van der Waals surface area contributed by atoms with Crippen LogP contribution in [0.25, 0.3) is 0 Å². The molecule has 0 fully saturated rings. The van der Waals surface area contributed by atoms with Crippen LogP contribution in [0.15, 0.2) is 91.5 Å². The minimum Gasteiger partial charge on any atom is -0.497 e. The fourth-order valence-electron chi connectivity index (χ4n) is 4.20. The van der Waals surface area contributed by atoms with Crippen molar-refractivity contribution in [2.24, 2.45) is 0 Å². The highest BCUT2D eigenvalue weighted by molar-refractivity contribution is 5.83. The maximum Gasteiger partial charge on any atom is 0.328 e. The molecule has 0 aliphatic rings. The van der Waals surface area contributed by atoms with Crippen LogP contribution < -0.4 is 9.47 Å². The number of nitrogens with zero attached hydrogens (tertiary/aromatic N) is 1. The van der Waals surface area contributed by atoms with E-state index in [1.807, 2.05) is 78.9 Å². The number of carbonyl (C=O) groups is 2. The van der Waals surface area contributed by atoms with Crippen molar-refractivity contribution >= 4 is 11.9 Å². The zero-order valence-electron chi connectivity index (χ0n) is 21.4. The normalized spacial score (nSPS) is 11.9. The van der Waals surface area contributed by atoms with Crippen LogP contribution in [-0.4, -0.2) is 55.8 Å². The molecule has 194 valence electrons. The first-order valence-corrected chi connectivity index (χ1v) is 11.9. The van der Waals surface area contributed by atoms with Crippen molar-refractivity contribution in [3.8, 4) is 11.5 Å². The average Bonchev–Trinajstić information content (AvgIpc) is 2.94. The van der Waals surface area contributed by atoms with Gasteiger partial charge in [-0.25, -0.2) is 4.79 Å². The van der Waals surface area contributed by atoms with E-state index in [0.29, 0.717) is 17.9 Å². The van der Waals surface area contributed by atoms with Gasteiger partial charge in [0, 0.05) is 13.5 Å². The molecule has 3 aromatic carbocycles. The Morgan fingerprint density at radius 1 is 0.892 bits per heavy atom. The molecule has 0 aliphatic carbocycles. The van der Waals surface area contributed by atoms with Crippen molar-refractivity contribution in [1.29, 1.82) is 0 Å². The summed E-state index contributed by atoms with van der Waals surface area (Å²) >= 11 is 0. The third-order valence-electron chi connectivity index (χ3n) is 6.34. The van der Waals surface area contributed by atoms with Gasteiger partial charge in [-0.1, -0.05) is 60.7 Å². The summed E-state index contributed by atoms with van der Waals surface area (Å²) in [5.74, 6) is -0.0937. The largest absolute Gasteiger partial charge is 0.497 e. The lowest BCUT2D eigenvalue weighted by Crippen LogP contribution is -2.47. The molecule has 1 N–H and O–H groups in total. The Morgan fingerprint density at radius 3 is 1.81 bits per heavy atom. The van der Waals surface area contributed by atoms with E-state index in [1.54, 1.807) is 20.3 Å². The van der Waals surface area contributed by atoms with Gasteiger partial charge < -0.3 is 24.2 Å². The van der Waals surface area contributed by atoms with Crippen molar-refractivity contribution < 1.29 is 28.9 Å². The minimum absolute atomic E-state index is 0.171. The molecule has 0 radical (unpaired) electrons. The molecular formula is C30H33NO6. The maximum atomic E-state index is 12.7. The van der Waals surface area contributed by atoms with Crippen LogP contribution in [-0.2, 0) is 19.9 Å². The average molecular weight is 504 g/mol. The second kappa shape index (κ2) is 12.7. The molecule has 0 spiro atoms. The van der Waals surface area contributed by atoms with Gasteiger partial charge in [-0.3, -0.25) is 4.79 Å². The number of carboxylic acid groups (broad SMARTS) is 1. The summed E-state index contributed by atoms with van der Waals surface area (Å²) in [4.78, 5) is 26.2. The van der Waals surface area contributed by atoms with Gasteiger partial charge in [0.2, 0.25) is 5.91 Å². The van der Waals surface area contributed by atoms with Crippen molar-refractivity contribution in [3.05, 3.63) is 108 Å². The van der Waals surface area contributed by atoms with Gasteiger partial charge in [0.05, 0.1) is 20.8 Å². The number of aliphatic carboxylic acids is 1. The van der Waals surface area contributed by atoms with E-state index >= 15 is 0 Å². The van der Waals surface area contributed by atoms with Crippen LogP contribution in [0, 0.1) is 0 Å². The molecule has 1 amide bonds. The van der Waals surface area contributed by atoms with E-state index in [9.17, 15) is 14.7 Å². The molecule has 0 bridgehead atoms. The molecule has 0 unspecified atom stereocenters. The summed E-state index contributed by atoms with van der Waals surface area (Å²) in [6, 6.07) is 23.3. The van der Waals surface area contributed by atoms with Crippen LogP contribution in [0.3, 0.4) is 0 Å². The number of allylic oxidation sites excluding steroid dienone is 1. The lowest BCUT2D eigenvalue weighted by molar-refractivity contribution is -0.153. The molecule has 0 aromatic heterocycles. The van der Waals surface area contributed by atoms with E-state index in [4.69, 9.17) is 14.2 Å². The number of hydrogen-bond acceptors (Lipinski definition) is 5. The van der Waals surface area contributed by atoms with Crippen molar-refractivity contribution in [1.82, 2.24) is 4.90 Å². The molecule has 0 heterocycles. The fraction of sp³-hybridized carbons (Fsp3) is 0.267. The van der Waals surface area contributed by atoms with Gasteiger partial charge in [0.15, 0.2) is 6.04 Å². The number of ether oxygens (including phenoxy) is 3. The highest BCUT2D eigenvalue weighted by Crippen LogP contribution is 2.41.